The number of carbonyl (C=O) groups excluding carboxylic acids is 2. The largest absolute Gasteiger partial charge is 0.350 e. The van der Waals surface area contributed by atoms with E-state index in [9.17, 15) is 9.59 Å². The molecule has 3 heterocycles. The quantitative estimate of drug-likeness (QED) is 0.912. The van der Waals surface area contributed by atoms with E-state index < -0.39 is 0 Å². The van der Waals surface area contributed by atoms with Gasteiger partial charge in [0.1, 0.15) is 0 Å². The first kappa shape index (κ1) is 17.7. The van der Waals surface area contributed by atoms with Crippen molar-refractivity contribution in [1.82, 2.24) is 15.2 Å². The third kappa shape index (κ3) is 3.46. The zero-order chi connectivity index (χ0) is 18.9. The first-order chi connectivity index (χ1) is 13.1. The van der Waals surface area contributed by atoms with Crippen molar-refractivity contribution >= 4 is 11.8 Å². The van der Waals surface area contributed by atoms with Crippen LogP contribution in [-0.4, -0.2) is 40.3 Å². The van der Waals surface area contributed by atoms with E-state index in [1.54, 1.807) is 12.3 Å². The lowest BCUT2D eigenvalue weighted by Gasteiger charge is -2.39. The fourth-order valence-corrected chi connectivity index (χ4v) is 4.29. The van der Waals surface area contributed by atoms with Gasteiger partial charge in [-0.3, -0.25) is 14.6 Å². The number of likely N-dealkylation sites (tertiary alicyclic amines) is 1. The molecule has 1 spiro atoms. The lowest BCUT2D eigenvalue weighted by Crippen LogP contribution is -2.52. The average molecular weight is 363 g/mol. The molecule has 5 heteroatoms. The standard InChI is InChI=1S/C22H25N3O2/c1-2-18-14-17(8-11-23-18)21(27)25-12-9-22(10-13-25)15-19(20(26)24-22)16-6-4-3-5-7-16/h3-8,11,14,19H,2,9-10,12-13,15H2,1H3,(H,24,26)/t19-/m0/s1. The topological polar surface area (TPSA) is 62.3 Å². The zero-order valence-electron chi connectivity index (χ0n) is 15.6. The first-order valence-corrected chi connectivity index (χ1v) is 9.71. The summed E-state index contributed by atoms with van der Waals surface area (Å²) in [6.45, 7) is 3.38. The summed E-state index contributed by atoms with van der Waals surface area (Å²) in [5, 5.41) is 3.25. The first-order valence-electron chi connectivity index (χ1n) is 9.71. The van der Waals surface area contributed by atoms with Crippen molar-refractivity contribution in [3.63, 3.8) is 0 Å². The molecule has 1 atom stereocenters. The van der Waals surface area contributed by atoms with Crippen LogP contribution in [0, 0.1) is 0 Å². The predicted molar refractivity (Wildman–Crippen MR) is 103 cm³/mol. The van der Waals surface area contributed by atoms with Gasteiger partial charge in [0.15, 0.2) is 0 Å². The van der Waals surface area contributed by atoms with E-state index in [0.29, 0.717) is 18.7 Å². The smallest absolute Gasteiger partial charge is 0.253 e. The Morgan fingerprint density at radius 3 is 2.67 bits per heavy atom. The van der Waals surface area contributed by atoms with Gasteiger partial charge in [-0.25, -0.2) is 0 Å². The van der Waals surface area contributed by atoms with Crippen LogP contribution < -0.4 is 5.32 Å². The molecule has 5 nitrogen and oxygen atoms in total. The number of hydrogen-bond donors (Lipinski definition) is 1. The number of pyridine rings is 1. The van der Waals surface area contributed by atoms with E-state index in [1.807, 2.05) is 48.2 Å². The lowest BCUT2D eigenvalue weighted by molar-refractivity contribution is -0.121. The number of hydrogen-bond acceptors (Lipinski definition) is 3. The van der Waals surface area contributed by atoms with Gasteiger partial charge in [-0.2, -0.15) is 0 Å². The Morgan fingerprint density at radius 2 is 1.96 bits per heavy atom. The summed E-state index contributed by atoms with van der Waals surface area (Å²) in [4.78, 5) is 31.6. The van der Waals surface area contributed by atoms with Crippen LogP contribution in [0.2, 0.25) is 0 Å². The summed E-state index contributed by atoms with van der Waals surface area (Å²) < 4.78 is 0. The van der Waals surface area contributed by atoms with Crippen LogP contribution in [-0.2, 0) is 11.2 Å². The number of carbonyl (C=O) groups is 2. The number of rotatable bonds is 3. The Kier molecular flexibility index (Phi) is 4.68. The van der Waals surface area contributed by atoms with Crippen molar-refractivity contribution in [1.29, 1.82) is 0 Å². The van der Waals surface area contributed by atoms with Gasteiger partial charge in [-0.1, -0.05) is 37.3 Å². The third-order valence-electron chi connectivity index (χ3n) is 5.94. The normalized spacial score (nSPS) is 21.3. The highest BCUT2D eigenvalue weighted by Gasteiger charge is 2.46. The van der Waals surface area contributed by atoms with E-state index in [2.05, 4.69) is 10.3 Å². The van der Waals surface area contributed by atoms with Crippen LogP contribution in [0.1, 0.15) is 53.7 Å². The van der Waals surface area contributed by atoms with Crippen molar-refractivity contribution in [2.75, 3.05) is 13.1 Å². The molecular weight excluding hydrogens is 338 g/mol. The number of benzene rings is 1. The molecule has 1 aromatic carbocycles. The van der Waals surface area contributed by atoms with E-state index in [0.717, 1.165) is 36.9 Å². The minimum absolute atomic E-state index is 0.0610. The summed E-state index contributed by atoms with van der Waals surface area (Å²) in [5.74, 6) is 0.0920. The van der Waals surface area contributed by atoms with Crippen LogP contribution in [0.5, 0.6) is 0 Å². The number of piperidine rings is 1. The molecule has 2 aliphatic rings. The molecule has 140 valence electrons. The molecule has 0 aliphatic carbocycles. The molecule has 2 aliphatic heterocycles. The number of aryl methyl sites for hydroxylation is 1. The van der Waals surface area contributed by atoms with E-state index in [-0.39, 0.29) is 23.3 Å². The Hall–Kier alpha value is -2.69. The van der Waals surface area contributed by atoms with Gasteiger partial charge in [-0.05, 0) is 43.4 Å². The molecule has 2 aromatic rings. The molecule has 0 saturated carbocycles. The Bertz CT molecular complexity index is 842. The van der Waals surface area contributed by atoms with Crippen molar-refractivity contribution in [2.45, 2.75) is 44.1 Å². The molecule has 0 unspecified atom stereocenters. The van der Waals surface area contributed by atoms with E-state index >= 15 is 0 Å². The molecule has 0 radical (unpaired) electrons. The monoisotopic (exact) mass is 363 g/mol. The number of nitrogens with zero attached hydrogens (tertiary/aromatic N) is 2. The lowest BCUT2D eigenvalue weighted by atomic mass is 9.82. The number of aromatic nitrogens is 1. The van der Waals surface area contributed by atoms with Crippen LogP contribution in [0.4, 0.5) is 0 Å². The molecule has 4 rings (SSSR count). The Morgan fingerprint density at radius 1 is 1.22 bits per heavy atom. The Labute approximate surface area is 159 Å². The van der Waals surface area contributed by atoms with Crippen LogP contribution >= 0.6 is 0 Å². The highest BCUT2D eigenvalue weighted by molar-refractivity contribution is 5.94. The maximum Gasteiger partial charge on any atom is 0.253 e. The molecule has 0 bridgehead atoms. The van der Waals surface area contributed by atoms with Crippen LogP contribution in [0.25, 0.3) is 0 Å². The zero-order valence-corrected chi connectivity index (χ0v) is 15.6. The summed E-state index contributed by atoms with van der Waals surface area (Å²) in [6, 6.07) is 13.7. The van der Waals surface area contributed by atoms with Gasteiger partial charge in [0.2, 0.25) is 5.91 Å². The molecule has 2 fully saturated rings. The molecule has 27 heavy (non-hydrogen) atoms. The van der Waals surface area contributed by atoms with Crippen LogP contribution in [0.3, 0.4) is 0 Å². The van der Waals surface area contributed by atoms with Gasteiger partial charge >= 0.3 is 0 Å². The average Bonchev–Trinajstić information content (AvgIpc) is 3.04. The highest BCUT2D eigenvalue weighted by atomic mass is 16.2. The summed E-state index contributed by atoms with van der Waals surface area (Å²) >= 11 is 0. The Balaban J connectivity index is 1.43. The second-order valence-electron chi connectivity index (χ2n) is 7.62. The van der Waals surface area contributed by atoms with Crippen LogP contribution in [0.15, 0.2) is 48.7 Å². The van der Waals surface area contributed by atoms with Gasteiger partial charge in [0, 0.05) is 36.1 Å². The summed E-state index contributed by atoms with van der Waals surface area (Å²) in [6.07, 6.45) is 4.95. The van der Waals surface area contributed by atoms with Gasteiger partial charge in [0.25, 0.3) is 5.91 Å². The van der Waals surface area contributed by atoms with Gasteiger partial charge in [-0.15, -0.1) is 0 Å². The highest BCUT2D eigenvalue weighted by Crippen LogP contribution is 2.39. The minimum atomic E-state index is -0.179. The van der Waals surface area contributed by atoms with E-state index in [4.69, 9.17) is 0 Å². The maximum atomic E-state index is 12.8. The van der Waals surface area contributed by atoms with Crippen molar-refractivity contribution in [3.8, 4) is 0 Å². The third-order valence-corrected chi connectivity index (χ3v) is 5.94. The SMILES string of the molecule is CCc1cc(C(=O)N2CCC3(CC2)C[C@@H](c2ccccc2)C(=O)N3)ccn1. The molecule has 2 saturated heterocycles. The van der Waals surface area contributed by atoms with Gasteiger partial charge < -0.3 is 10.2 Å². The van der Waals surface area contributed by atoms with Crippen molar-refractivity contribution < 1.29 is 9.59 Å². The van der Waals surface area contributed by atoms with Crippen molar-refractivity contribution in [2.24, 2.45) is 0 Å². The summed E-state index contributed by atoms with van der Waals surface area (Å²) in [5.41, 5.74) is 2.54. The van der Waals surface area contributed by atoms with Crippen molar-refractivity contribution in [3.05, 3.63) is 65.5 Å². The number of amides is 2. The molecule has 1 N–H and O–H groups in total. The van der Waals surface area contributed by atoms with E-state index in [1.165, 1.54) is 0 Å². The fraction of sp³-hybridized carbons (Fsp3) is 0.409. The molecular formula is C22H25N3O2. The summed E-state index contributed by atoms with van der Waals surface area (Å²) in [7, 11) is 0. The molecule has 1 aromatic heterocycles. The number of nitrogens with one attached hydrogen (secondary N) is 1. The minimum Gasteiger partial charge on any atom is -0.350 e. The predicted octanol–water partition coefficient (Wildman–Crippen LogP) is 2.92. The fourth-order valence-electron chi connectivity index (χ4n) is 4.29. The molecule has 2 amide bonds. The second kappa shape index (κ2) is 7.14. The maximum absolute atomic E-state index is 12.8. The second-order valence-corrected chi connectivity index (χ2v) is 7.62. The van der Waals surface area contributed by atoms with Gasteiger partial charge in [0.05, 0.1) is 5.92 Å².